The van der Waals surface area contributed by atoms with Crippen LogP contribution < -0.4 is 0 Å². The summed E-state index contributed by atoms with van der Waals surface area (Å²) >= 11 is 0. The highest BCUT2D eigenvalue weighted by Crippen LogP contribution is 2.46. The lowest BCUT2D eigenvalue weighted by atomic mass is 10.0. The number of benzene rings is 1. The molecule has 0 bridgehead atoms. The van der Waals surface area contributed by atoms with Crippen molar-refractivity contribution in [3.8, 4) is 0 Å². The molecule has 2 rings (SSSR count). The molecule has 2 N–H and O–H groups in total. The lowest BCUT2D eigenvalue weighted by Crippen LogP contribution is -2.18. The third-order valence-corrected chi connectivity index (χ3v) is 5.69. The maximum absolute atomic E-state index is 12.3. The first kappa shape index (κ1) is 16.2. The summed E-state index contributed by atoms with van der Waals surface area (Å²) in [6, 6.07) is 8.62. The van der Waals surface area contributed by atoms with E-state index in [0.717, 1.165) is 12.8 Å². The monoisotopic (exact) mass is 312 g/mol. The largest absolute Gasteiger partial charge is 0.481 e. The van der Waals surface area contributed by atoms with Crippen molar-refractivity contribution >= 4 is 13.3 Å². The van der Waals surface area contributed by atoms with Crippen molar-refractivity contribution in [3.63, 3.8) is 0 Å². The summed E-state index contributed by atoms with van der Waals surface area (Å²) in [7, 11) is -3.48. The zero-order valence-electron chi connectivity index (χ0n) is 11.9. The van der Waals surface area contributed by atoms with Crippen LogP contribution in [0.3, 0.4) is 0 Å². The van der Waals surface area contributed by atoms with E-state index in [1.165, 1.54) is 0 Å². The van der Waals surface area contributed by atoms with Crippen LogP contribution in [0.4, 0.5) is 0 Å². The molecule has 1 saturated heterocycles. The minimum atomic E-state index is -3.48. The van der Waals surface area contributed by atoms with Gasteiger partial charge in [-0.15, -0.1) is 0 Å². The summed E-state index contributed by atoms with van der Waals surface area (Å²) < 4.78 is 17.7. The normalized spacial score (nSPS) is 22.6. The molecule has 1 aromatic rings. The molecular formula is C15H21O5P. The predicted molar refractivity (Wildman–Crippen MR) is 80.0 cm³/mol. The third-order valence-electron chi connectivity index (χ3n) is 3.79. The lowest BCUT2D eigenvalue weighted by Gasteiger charge is -2.19. The fourth-order valence-corrected chi connectivity index (χ4v) is 4.42. The fourth-order valence-electron chi connectivity index (χ4n) is 2.61. The lowest BCUT2D eigenvalue weighted by molar-refractivity contribution is -0.138. The minimum absolute atomic E-state index is 0.0467. The van der Waals surface area contributed by atoms with Crippen LogP contribution in [0.2, 0.25) is 0 Å². The van der Waals surface area contributed by atoms with Crippen LogP contribution in [0.15, 0.2) is 30.3 Å². The van der Waals surface area contributed by atoms with Crippen LogP contribution >= 0.6 is 7.37 Å². The van der Waals surface area contributed by atoms with Gasteiger partial charge >= 0.3 is 5.97 Å². The summed E-state index contributed by atoms with van der Waals surface area (Å²) in [6.45, 7) is 0.710. The van der Waals surface area contributed by atoms with Crippen molar-refractivity contribution in [1.82, 2.24) is 0 Å². The molecule has 6 heteroatoms. The van der Waals surface area contributed by atoms with Crippen molar-refractivity contribution in [2.75, 3.05) is 18.9 Å². The average Bonchev–Trinajstić information content (AvgIpc) is 2.97. The van der Waals surface area contributed by atoms with Crippen molar-refractivity contribution in [2.45, 2.75) is 31.3 Å². The highest BCUT2D eigenvalue weighted by Gasteiger charge is 2.31. The van der Waals surface area contributed by atoms with Gasteiger partial charge in [-0.3, -0.25) is 9.36 Å². The van der Waals surface area contributed by atoms with E-state index < -0.39 is 19.3 Å². The van der Waals surface area contributed by atoms with E-state index in [-0.39, 0.29) is 18.4 Å². The van der Waals surface area contributed by atoms with Crippen molar-refractivity contribution in [2.24, 2.45) is 0 Å². The van der Waals surface area contributed by atoms with Gasteiger partial charge in [0.2, 0.25) is 7.37 Å². The van der Waals surface area contributed by atoms with Gasteiger partial charge in [0.1, 0.15) is 0 Å². The smallest absolute Gasteiger partial charge is 0.311 e. The molecule has 21 heavy (non-hydrogen) atoms. The zero-order valence-corrected chi connectivity index (χ0v) is 12.7. The topological polar surface area (TPSA) is 83.8 Å². The minimum Gasteiger partial charge on any atom is -0.481 e. The van der Waals surface area contributed by atoms with Gasteiger partial charge in [0.15, 0.2) is 0 Å². The second-order valence-electron chi connectivity index (χ2n) is 5.48. The Hall–Kier alpha value is -1.16. The van der Waals surface area contributed by atoms with E-state index in [9.17, 15) is 19.4 Å². The molecule has 1 fully saturated rings. The molecule has 3 unspecified atom stereocenters. The Morgan fingerprint density at radius 2 is 2.10 bits per heavy atom. The van der Waals surface area contributed by atoms with Gasteiger partial charge in [0.05, 0.1) is 12.0 Å². The third kappa shape index (κ3) is 4.95. The number of ether oxygens (including phenoxy) is 1. The average molecular weight is 312 g/mol. The Kier molecular flexibility index (Phi) is 5.57. The van der Waals surface area contributed by atoms with Gasteiger partial charge in [-0.1, -0.05) is 30.3 Å². The van der Waals surface area contributed by atoms with Crippen LogP contribution in [0.1, 0.15) is 30.7 Å². The molecule has 116 valence electrons. The van der Waals surface area contributed by atoms with E-state index in [0.29, 0.717) is 18.6 Å². The van der Waals surface area contributed by atoms with Crippen molar-refractivity contribution in [3.05, 3.63) is 35.9 Å². The van der Waals surface area contributed by atoms with Crippen LogP contribution in [-0.4, -0.2) is 41.0 Å². The van der Waals surface area contributed by atoms with Crippen LogP contribution in [0.25, 0.3) is 0 Å². The Labute approximate surface area is 124 Å². The maximum Gasteiger partial charge on any atom is 0.311 e. The molecule has 1 aromatic carbocycles. The standard InChI is InChI=1S/C15H21O5P/c16-15(17)14(12-5-2-1-3-6-12)11-21(18,19)10-8-13-7-4-9-20-13/h1-3,5-6,13-14H,4,7-11H2,(H,16,17)(H,18,19). The van der Waals surface area contributed by atoms with Gasteiger partial charge in [-0.2, -0.15) is 0 Å². The molecular weight excluding hydrogens is 291 g/mol. The molecule has 1 heterocycles. The van der Waals surface area contributed by atoms with Gasteiger partial charge < -0.3 is 14.7 Å². The molecule has 0 amide bonds. The second-order valence-corrected chi connectivity index (χ2v) is 7.98. The second kappa shape index (κ2) is 7.21. The number of hydrogen-bond acceptors (Lipinski definition) is 3. The van der Waals surface area contributed by atoms with Crippen LogP contribution in [0, 0.1) is 0 Å². The summed E-state index contributed by atoms with van der Waals surface area (Å²) in [5.74, 6) is -2.00. The zero-order chi connectivity index (χ0) is 15.3. The van der Waals surface area contributed by atoms with Gasteiger partial charge in [0, 0.05) is 18.9 Å². The van der Waals surface area contributed by atoms with E-state index in [2.05, 4.69) is 0 Å². The Morgan fingerprint density at radius 1 is 1.38 bits per heavy atom. The molecule has 1 aliphatic heterocycles. The number of aliphatic carboxylic acids is 1. The highest BCUT2D eigenvalue weighted by molar-refractivity contribution is 7.58. The van der Waals surface area contributed by atoms with Crippen LogP contribution in [-0.2, 0) is 14.1 Å². The van der Waals surface area contributed by atoms with Gasteiger partial charge in [-0.05, 0) is 24.8 Å². The molecule has 0 saturated carbocycles. The van der Waals surface area contributed by atoms with Gasteiger partial charge in [-0.25, -0.2) is 0 Å². The van der Waals surface area contributed by atoms with E-state index in [1.54, 1.807) is 30.3 Å². The number of carboxylic acids is 1. The maximum atomic E-state index is 12.3. The van der Waals surface area contributed by atoms with Crippen molar-refractivity contribution < 1.29 is 24.1 Å². The number of rotatable bonds is 7. The summed E-state index contributed by atoms with van der Waals surface area (Å²) in [4.78, 5) is 21.5. The van der Waals surface area contributed by atoms with E-state index in [1.807, 2.05) is 0 Å². The summed E-state index contributed by atoms with van der Waals surface area (Å²) in [5, 5.41) is 9.31. The Morgan fingerprint density at radius 3 is 2.67 bits per heavy atom. The molecule has 0 radical (unpaired) electrons. The first-order valence-electron chi connectivity index (χ1n) is 7.18. The molecule has 5 nitrogen and oxygen atoms in total. The molecule has 3 atom stereocenters. The van der Waals surface area contributed by atoms with E-state index in [4.69, 9.17) is 4.74 Å². The van der Waals surface area contributed by atoms with Crippen molar-refractivity contribution in [1.29, 1.82) is 0 Å². The fraction of sp³-hybridized carbons (Fsp3) is 0.533. The highest BCUT2D eigenvalue weighted by atomic mass is 31.2. The molecule has 0 spiro atoms. The van der Waals surface area contributed by atoms with Crippen LogP contribution in [0.5, 0.6) is 0 Å². The number of carbonyl (C=O) groups is 1. The SMILES string of the molecule is O=C(O)C(CP(=O)(O)CCC1CCCO1)c1ccccc1. The molecule has 1 aliphatic rings. The molecule has 0 aromatic heterocycles. The summed E-state index contributed by atoms with van der Waals surface area (Å²) in [5.41, 5.74) is 0.566. The number of carboxylic acid groups (broad SMARTS) is 1. The Balaban J connectivity index is 1.98. The number of hydrogen-bond donors (Lipinski definition) is 2. The van der Waals surface area contributed by atoms with Gasteiger partial charge in [0.25, 0.3) is 0 Å². The first-order chi connectivity index (χ1) is 9.98. The Bertz CT molecular complexity index is 510. The quantitative estimate of drug-likeness (QED) is 0.756. The first-order valence-corrected chi connectivity index (χ1v) is 9.21. The van der Waals surface area contributed by atoms with E-state index >= 15 is 0 Å². The molecule has 0 aliphatic carbocycles. The summed E-state index contributed by atoms with van der Waals surface area (Å²) in [6.07, 6.45) is 2.37. The predicted octanol–water partition coefficient (Wildman–Crippen LogP) is 2.69.